The van der Waals surface area contributed by atoms with Crippen molar-refractivity contribution in [2.75, 3.05) is 305 Å². The molecule has 42 heteroatoms. The molecule has 0 saturated carbocycles. The van der Waals surface area contributed by atoms with Gasteiger partial charge in [0, 0.05) is 97.1 Å². The molecule has 12 amide bonds. The summed E-state index contributed by atoms with van der Waals surface area (Å²) in [5.41, 5.74) is -0.142. The maximum Gasteiger partial charge on any atom is 0.253 e. The molecule has 2 heterocycles. The minimum Gasteiger partial charge on any atom is -0.382 e. The number of hydrogen-bond acceptors (Lipinski definition) is 32. The number of carbonyl (C=O) groups excluding carboxylic acids is 12. The molecule has 0 aromatic heterocycles. The van der Waals surface area contributed by atoms with Crippen LogP contribution in [0.25, 0.3) is 0 Å². The average Bonchev–Trinajstić information content (AvgIpc) is 1.85. The molecule has 8 N–H and O–H groups in total. The summed E-state index contributed by atoms with van der Waals surface area (Å²) >= 11 is 0. The Hall–Kier alpha value is -7.28. The van der Waals surface area contributed by atoms with E-state index >= 15 is 9.59 Å². The van der Waals surface area contributed by atoms with Gasteiger partial charge >= 0.3 is 0 Å². The lowest BCUT2D eigenvalue weighted by Crippen LogP contribution is -2.59. The fraction of sp³-hybridized carbons (Fsp3) is 0.820. The first-order valence-corrected chi connectivity index (χ1v) is 46.1. The van der Waals surface area contributed by atoms with E-state index in [1.54, 1.807) is 14.2 Å². The first-order valence-electron chi connectivity index (χ1n) is 46.1. The van der Waals surface area contributed by atoms with Crippen molar-refractivity contribution in [2.45, 2.75) is 162 Å². The molecular formula is C89H158N10O32. The van der Waals surface area contributed by atoms with Crippen LogP contribution in [0.3, 0.4) is 0 Å². The molecule has 0 radical (unpaired) electrons. The molecule has 0 aromatic carbocycles. The second-order valence-electron chi connectivity index (χ2n) is 32.6. The summed E-state index contributed by atoms with van der Waals surface area (Å²) in [4.78, 5) is 164. The zero-order valence-electron chi connectivity index (χ0n) is 79.3. The van der Waals surface area contributed by atoms with E-state index in [-0.39, 0.29) is 154 Å². The highest BCUT2D eigenvalue weighted by molar-refractivity contribution is 6.13. The van der Waals surface area contributed by atoms with E-state index in [4.69, 9.17) is 94.7 Å². The molecule has 0 aliphatic carbocycles. The first-order chi connectivity index (χ1) is 63.3. The molecule has 0 aromatic rings. The molecule has 0 saturated heterocycles. The first kappa shape index (κ1) is 120. The molecule has 2 aliphatic heterocycles. The quantitative estimate of drug-likeness (QED) is 0.0308. The summed E-state index contributed by atoms with van der Waals surface area (Å²) in [6.07, 6.45) is 6.84. The van der Waals surface area contributed by atoms with Gasteiger partial charge in [-0.15, -0.1) is 0 Å². The zero-order chi connectivity index (χ0) is 95.7. The predicted octanol–water partition coefficient (Wildman–Crippen LogP) is 0.776. The van der Waals surface area contributed by atoms with Crippen LogP contribution in [0.5, 0.6) is 0 Å². The highest BCUT2D eigenvalue weighted by atomic mass is 16.6. The predicted molar refractivity (Wildman–Crippen MR) is 478 cm³/mol. The number of unbranched alkanes of at least 4 members (excludes halogenated alkanes) is 2. The molecule has 2 rings (SSSR count). The van der Waals surface area contributed by atoms with Gasteiger partial charge in [0.25, 0.3) is 23.6 Å². The Morgan fingerprint density at radius 2 is 0.496 bits per heavy atom. The lowest BCUT2D eigenvalue weighted by molar-refractivity contribution is -0.138. The normalized spacial score (nSPS) is 13.7. The molecule has 4 atom stereocenters. The van der Waals surface area contributed by atoms with Crippen LogP contribution in [-0.2, 0) is 152 Å². The number of rotatable bonds is 92. The van der Waals surface area contributed by atoms with Gasteiger partial charge < -0.3 is 137 Å². The maximum absolute atomic E-state index is 15.0. The van der Waals surface area contributed by atoms with Gasteiger partial charge in [-0.25, -0.2) is 0 Å². The monoisotopic (exact) mass is 1880 g/mol. The summed E-state index contributed by atoms with van der Waals surface area (Å²) in [5, 5.41) is 22.3. The van der Waals surface area contributed by atoms with E-state index in [0.29, 0.717) is 224 Å². The van der Waals surface area contributed by atoms with Gasteiger partial charge in [-0.2, -0.15) is 0 Å². The number of methoxy groups -OCH3 is 2. The van der Waals surface area contributed by atoms with Gasteiger partial charge in [0.05, 0.1) is 238 Å². The Bertz CT molecular complexity index is 2880. The van der Waals surface area contributed by atoms with Crippen LogP contribution in [0.4, 0.5) is 0 Å². The summed E-state index contributed by atoms with van der Waals surface area (Å²) in [6.45, 7) is 26.8. The molecule has 0 spiro atoms. The summed E-state index contributed by atoms with van der Waals surface area (Å²) in [7, 11) is 3.24. The van der Waals surface area contributed by atoms with Crippen LogP contribution in [0.1, 0.15) is 138 Å². The fourth-order valence-corrected chi connectivity index (χ4v) is 12.0. The second-order valence-corrected chi connectivity index (χ2v) is 32.6. The van der Waals surface area contributed by atoms with Crippen LogP contribution >= 0.6 is 0 Å². The van der Waals surface area contributed by atoms with E-state index in [1.807, 2.05) is 0 Å². The van der Waals surface area contributed by atoms with E-state index in [9.17, 15) is 47.9 Å². The van der Waals surface area contributed by atoms with Gasteiger partial charge in [-0.05, 0) is 87.9 Å². The van der Waals surface area contributed by atoms with Crippen molar-refractivity contribution in [2.24, 2.45) is 10.8 Å². The van der Waals surface area contributed by atoms with E-state index in [2.05, 4.69) is 84.1 Å². The number of hydrogen-bond donors (Lipinski definition) is 8. The Balaban J connectivity index is 2.05. The summed E-state index contributed by atoms with van der Waals surface area (Å²) < 4.78 is 109. The minimum atomic E-state index is -1.70. The van der Waals surface area contributed by atoms with E-state index in [0.717, 1.165) is 46.9 Å². The molecule has 2 unspecified atom stereocenters. The van der Waals surface area contributed by atoms with Crippen LogP contribution in [0, 0.1) is 10.8 Å². The van der Waals surface area contributed by atoms with Crippen LogP contribution in [0.15, 0.2) is 24.3 Å². The van der Waals surface area contributed by atoms with Crippen molar-refractivity contribution < 1.29 is 152 Å². The molecule has 756 valence electrons. The lowest BCUT2D eigenvalue weighted by atomic mass is 9.90. The smallest absolute Gasteiger partial charge is 0.253 e. The van der Waals surface area contributed by atoms with Gasteiger partial charge in [0.15, 0.2) is 0 Å². The third-order valence-corrected chi connectivity index (χ3v) is 19.0. The summed E-state index contributed by atoms with van der Waals surface area (Å²) in [5.74, 6) is -7.74. The fourth-order valence-electron chi connectivity index (χ4n) is 12.0. The van der Waals surface area contributed by atoms with Gasteiger partial charge in [-0.3, -0.25) is 67.3 Å². The molecule has 2 aliphatic rings. The number of nitrogens with zero attached hydrogens (tertiary/aromatic N) is 2. The summed E-state index contributed by atoms with van der Waals surface area (Å²) in [6, 6.07) is -5.92. The van der Waals surface area contributed by atoms with Crippen LogP contribution < -0.4 is 42.5 Å². The number of amides is 12. The highest BCUT2D eigenvalue weighted by Crippen LogP contribution is 2.21. The van der Waals surface area contributed by atoms with Crippen molar-refractivity contribution >= 4 is 70.9 Å². The minimum absolute atomic E-state index is 0.0235. The van der Waals surface area contributed by atoms with Crippen molar-refractivity contribution in [1.82, 2.24) is 52.3 Å². The number of nitrogens with one attached hydrogen (secondary N) is 8. The maximum atomic E-state index is 15.0. The molecule has 0 fully saturated rings. The van der Waals surface area contributed by atoms with Crippen molar-refractivity contribution in [3.05, 3.63) is 24.3 Å². The SMILES string of the molecule is COCCOCCOCCOCCOCCOCCOCCOCCOCCOCC(=O)NCCCC[C@H](NC(=O)C(CC(NC(=O)CCCN1C(=O)C=CC1=O)C(=O)N[C@@H](CCCCNC(=O)COCCOCCOCCOCCOCCOCCOCCOCCOCCOC)C(=O)NCCCC(C)(C)C)NC(=O)CCCN1C(=O)C=CC1=O)C(=O)NCCCC(C)(C)C. The van der Waals surface area contributed by atoms with Crippen molar-refractivity contribution in [3.8, 4) is 0 Å². The molecule has 0 bridgehead atoms. The topological polar surface area (TPSA) is 492 Å². The van der Waals surface area contributed by atoms with Crippen LogP contribution in [-0.4, -0.2) is 409 Å². The lowest BCUT2D eigenvalue weighted by Gasteiger charge is -2.28. The Morgan fingerprint density at radius 3 is 0.733 bits per heavy atom. The van der Waals surface area contributed by atoms with Gasteiger partial charge in [0.2, 0.25) is 47.3 Å². The Labute approximate surface area is 774 Å². The second kappa shape index (κ2) is 81.1. The zero-order valence-corrected chi connectivity index (χ0v) is 79.3. The van der Waals surface area contributed by atoms with Crippen molar-refractivity contribution in [3.63, 3.8) is 0 Å². The van der Waals surface area contributed by atoms with E-state index in [1.165, 1.54) is 0 Å². The molecular weight excluding hydrogens is 1720 g/mol. The standard InChI is InChI=1S/C89H158N10O32/c1-88(2,3)25-15-29-92-84(108)72(17-9-11-27-90-78(102)70-130-67-65-128-63-61-126-59-57-124-55-53-122-51-49-120-47-45-118-43-41-116-39-37-114-35-33-112-7)96-86(110)74(94-76(100)19-13-31-98-80(104)21-22-81(98)105)69-75(95-77(101)20-14-32-99-82(106)23-24-83(99)107)87(111)97-73(85(109)93-30-16-26-89(4,5)6)18-10-12-28-91-79(103)71-131-68-66-129-64-62-127-60-58-125-56-54-123-52-50-121-48-46-119-44-42-117-40-38-115-36-34-113-8/h21-24,72-75H,9-20,25-71H2,1-8H3,(H,90,102)(H,91,103)(H,92,108)(H,93,109)(H,94,100)(H,95,101)(H,96,110)(H,97,111)/t72-,73-,74?,75?/m0/s1. The third-order valence-electron chi connectivity index (χ3n) is 19.0. The number of carbonyl (C=O) groups is 12. The Kier molecular flexibility index (Phi) is 74.2. The number of ether oxygens (including phenoxy) is 20. The van der Waals surface area contributed by atoms with E-state index < -0.39 is 101 Å². The van der Waals surface area contributed by atoms with Crippen LogP contribution in [0.2, 0.25) is 0 Å². The third kappa shape index (κ3) is 71.0. The molecule has 42 nitrogen and oxygen atoms in total. The highest BCUT2D eigenvalue weighted by Gasteiger charge is 2.35. The van der Waals surface area contributed by atoms with Gasteiger partial charge in [0.1, 0.15) is 37.4 Å². The number of imide groups is 2. The molecule has 131 heavy (non-hydrogen) atoms. The van der Waals surface area contributed by atoms with Gasteiger partial charge in [-0.1, -0.05) is 41.5 Å². The average molecular weight is 1880 g/mol. The van der Waals surface area contributed by atoms with Crippen molar-refractivity contribution in [1.29, 1.82) is 0 Å². The largest absolute Gasteiger partial charge is 0.382 e. The Morgan fingerprint density at radius 1 is 0.267 bits per heavy atom.